The van der Waals surface area contributed by atoms with E-state index in [1.54, 1.807) is 12.4 Å². The first-order valence-corrected chi connectivity index (χ1v) is 18.1. The summed E-state index contributed by atoms with van der Waals surface area (Å²) in [5.74, 6) is 2.68. The van der Waals surface area contributed by atoms with Crippen LogP contribution in [0.2, 0.25) is 5.02 Å². The van der Waals surface area contributed by atoms with Crippen LogP contribution in [-0.4, -0.2) is 93.6 Å². The van der Waals surface area contributed by atoms with E-state index in [0.717, 1.165) is 55.0 Å². The average molecular weight is 669 g/mol. The number of morpholine rings is 1. The summed E-state index contributed by atoms with van der Waals surface area (Å²) in [6.45, 7) is 4.76. The molecule has 1 saturated carbocycles. The molecule has 3 N–H and O–H groups in total. The fourth-order valence-corrected chi connectivity index (χ4v) is 7.47. The lowest BCUT2D eigenvalue weighted by Gasteiger charge is -2.43. The van der Waals surface area contributed by atoms with E-state index in [9.17, 15) is 0 Å². The van der Waals surface area contributed by atoms with Gasteiger partial charge in [0, 0.05) is 36.1 Å². The highest BCUT2D eigenvalue weighted by Gasteiger charge is 2.42. The molecule has 3 atom stereocenters. The first-order chi connectivity index (χ1) is 22.5. The molecule has 3 aliphatic rings. The lowest BCUT2D eigenvalue weighted by Crippen LogP contribution is -2.52. The van der Waals surface area contributed by atoms with Crippen LogP contribution in [0, 0.1) is 0 Å². The van der Waals surface area contributed by atoms with Crippen LogP contribution in [0.3, 0.4) is 0 Å². The predicted molar refractivity (Wildman–Crippen MR) is 185 cm³/mol. The van der Waals surface area contributed by atoms with Gasteiger partial charge >= 0.3 is 0 Å². The van der Waals surface area contributed by atoms with Crippen LogP contribution in [0.4, 0.5) is 11.6 Å². The third kappa shape index (κ3) is 7.90. The molecule has 4 heterocycles. The number of halogens is 1. The second kappa shape index (κ2) is 15.7. The summed E-state index contributed by atoms with van der Waals surface area (Å²) in [7, 11) is 0. The number of hydrogen-bond donors (Lipinski definition) is 2. The monoisotopic (exact) mass is 668 g/mol. The summed E-state index contributed by atoms with van der Waals surface area (Å²) in [6.07, 6.45) is 16.9. The largest absolute Gasteiger partial charge is 0.487 e. The summed E-state index contributed by atoms with van der Waals surface area (Å²) in [5, 5.41) is 8.82. The Labute approximate surface area is 280 Å². The van der Waals surface area contributed by atoms with Crippen molar-refractivity contribution in [1.82, 2.24) is 24.6 Å². The maximum Gasteiger partial charge on any atom is 0.256 e. The Hall–Kier alpha value is -3.06. The summed E-state index contributed by atoms with van der Waals surface area (Å²) in [5.41, 5.74) is 7.88. The fourth-order valence-electron chi connectivity index (χ4n) is 6.90. The molecule has 1 aromatic carbocycles. The van der Waals surface area contributed by atoms with E-state index in [1.807, 2.05) is 36.9 Å². The highest BCUT2D eigenvalue weighted by atomic mass is 35.5. The van der Waals surface area contributed by atoms with Gasteiger partial charge in [0.2, 0.25) is 5.95 Å². The van der Waals surface area contributed by atoms with Crippen LogP contribution >= 0.6 is 23.4 Å². The van der Waals surface area contributed by atoms with Gasteiger partial charge in [-0.2, -0.15) is 11.8 Å². The standard InChI is InChI=1S/C33H45ClN8O3S/c1-22(15-36-21-35)45-31-14-23(4-11-29(31)34)24-16-37-33(38-17-24)39-30-18-41(40-32(30)44-12-3-13-46-2)25-5-7-26(8-6-25)42-27-9-10-28(42)20-43-19-27/h4,11,14,16-18,21-22,25-28H,3,5-10,12-13,15,19-20H2,1-2H3,(H2,35,36)(H,37,38,39)/t22-,25?,26?,27?,28?/m0/s1. The predicted octanol–water partition coefficient (Wildman–Crippen LogP) is 5.97. The summed E-state index contributed by atoms with van der Waals surface area (Å²) >= 11 is 8.22. The van der Waals surface area contributed by atoms with E-state index in [-0.39, 0.29) is 6.10 Å². The normalized spacial score (nSPS) is 23.9. The smallest absolute Gasteiger partial charge is 0.256 e. The minimum absolute atomic E-state index is 0.177. The van der Waals surface area contributed by atoms with Crippen molar-refractivity contribution in [2.45, 2.75) is 82.1 Å². The van der Waals surface area contributed by atoms with E-state index in [1.165, 1.54) is 32.0 Å². The number of nitrogens with one attached hydrogen (secondary N) is 1. The van der Waals surface area contributed by atoms with Gasteiger partial charge in [0.05, 0.1) is 50.0 Å². The molecule has 46 heavy (non-hydrogen) atoms. The number of rotatable bonds is 14. The number of nitrogens with two attached hydrogens (primary N) is 1. The number of ether oxygens (including phenoxy) is 3. The molecule has 2 saturated heterocycles. The number of benzene rings is 1. The minimum atomic E-state index is -0.177. The third-order valence-electron chi connectivity index (χ3n) is 9.15. The Kier molecular flexibility index (Phi) is 11.2. The first kappa shape index (κ1) is 32.9. The molecule has 0 spiro atoms. The van der Waals surface area contributed by atoms with Crippen molar-refractivity contribution >= 4 is 41.3 Å². The molecule has 13 heteroatoms. The lowest BCUT2D eigenvalue weighted by atomic mass is 9.89. The fraction of sp³-hybridized carbons (Fsp3) is 0.576. The van der Waals surface area contributed by atoms with Gasteiger partial charge in [-0.25, -0.2) is 9.97 Å². The van der Waals surface area contributed by atoms with Crippen molar-refractivity contribution in [1.29, 1.82) is 0 Å². The van der Waals surface area contributed by atoms with Crippen molar-refractivity contribution in [3.8, 4) is 22.8 Å². The van der Waals surface area contributed by atoms with E-state index in [0.29, 0.717) is 59.9 Å². The van der Waals surface area contributed by atoms with Crippen molar-refractivity contribution < 1.29 is 14.2 Å². The molecular formula is C33H45ClN8O3S. The van der Waals surface area contributed by atoms with E-state index >= 15 is 0 Å². The molecule has 2 bridgehead atoms. The van der Waals surface area contributed by atoms with Gasteiger partial charge in [-0.15, -0.1) is 5.10 Å². The van der Waals surface area contributed by atoms with Crippen LogP contribution in [0.5, 0.6) is 11.6 Å². The third-order valence-corrected chi connectivity index (χ3v) is 10.2. The van der Waals surface area contributed by atoms with Gasteiger partial charge in [0.15, 0.2) is 0 Å². The van der Waals surface area contributed by atoms with Crippen LogP contribution in [-0.2, 0) is 4.74 Å². The molecule has 6 rings (SSSR count). The van der Waals surface area contributed by atoms with Gasteiger partial charge in [0.25, 0.3) is 5.88 Å². The number of anilines is 2. The van der Waals surface area contributed by atoms with Crippen molar-refractivity contribution in [2.75, 3.05) is 43.7 Å². The number of nitrogens with zero attached hydrogens (tertiary/aromatic N) is 6. The topological polar surface area (TPSA) is 125 Å². The number of aromatic nitrogens is 4. The van der Waals surface area contributed by atoms with Crippen LogP contribution in [0.25, 0.3) is 11.1 Å². The average Bonchev–Trinajstić information content (AvgIpc) is 3.59. The van der Waals surface area contributed by atoms with Crippen LogP contribution < -0.4 is 20.5 Å². The van der Waals surface area contributed by atoms with E-state index in [4.69, 9.17) is 36.6 Å². The second-order valence-corrected chi connectivity index (χ2v) is 13.8. The molecule has 3 aromatic rings. The van der Waals surface area contributed by atoms with Crippen LogP contribution in [0.1, 0.15) is 57.9 Å². The molecular weight excluding hydrogens is 624 g/mol. The molecule has 2 aliphatic heterocycles. The maximum absolute atomic E-state index is 6.40. The van der Waals surface area contributed by atoms with Gasteiger partial charge in [-0.05, 0) is 81.6 Å². The van der Waals surface area contributed by atoms with Gasteiger partial charge in [0.1, 0.15) is 17.5 Å². The number of hydrogen-bond acceptors (Lipinski definition) is 10. The number of thioether (sulfide) groups is 1. The summed E-state index contributed by atoms with van der Waals surface area (Å²) in [4.78, 5) is 16.1. The van der Waals surface area contributed by atoms with Gasteiger partial charge < -0.3 is 25.3 Å². The highest BCUT2D eigenvalue weighted by Crippen LogP contribution is 2.39. The molecule has 11 nitrogen and oxygen atoms in total. The second-order valence-electron chi connectivity index (χ2n) is 12.4. The van der Waals surface area contributed by atoms with Crippen LogP contribution in [0.15, 0.2) is 41.8 Å². The first-order valence-electron chi connectivity index (χ1n) is 16.3. The van der Waals surface area contributed by atoms with Gasteiger partial charge in [-0.1, -0.05) is 17.7 Å². The summed E-state index contributed by atoms with van der Waals surface area (Å²) in [6, 6.07) is 7.83. The number of aliphatic imine (C=N–C) groups is 1. The van der Waals surface area contributed by atoms with Crippen molar-refractivity contribution in [3.63, 3.8) is 0 Å². The van der Waals surface area contributed by atoms with Crippen molar-refractivity contribution in [3.05, 3.63) is 41.8 Å². The molecule has 2 aromatic heterocycles. The maximum atomic E-state index is 6.40. The molecule has 0 radical (unpaired) electrons. The Bertz CT molecular complexity index is 1430. The van der Waals surface area contributed by atoms with Gasteiger partial charge in [-0.3, -0.25) is 14.6 Å². The molecule has 2 unspecified atom stereocenters. The summed E-state index contributed by atoms with van der Waals surface area (Å²) < 4.78 is 20.1. The minimum Gasteiger partial charge on any atom is -0.487 e. The zero-order valence-electron chi connectivity index (χ0n) is 26.7. The lowest BCUT2D eigenvalue weighted by molar-refractivity contribution is -0.0458. The zero-order valence-corrected chi connectivity index (χ0v) is 28.3. The quantitative estimate of drug-likeness (QED) is 0.121. The molecule has 248 valence electrons. The Balaban J connectivity index is 1.12. The van der Waals surface area contributed by atoms with E-state index in [2.05, 4.69) is 42.3 Å². The highest BCUT2D eigenvalue weighted by molar-refractivity contribution is 7.98. The zero-order chi connectivity index (χ0) is 31.9. The molecule has 3 fully saturated rings. The van der Waals surface area contributed by atoms with Crippen molar-refractivity contribution in [2.24, 2.45) is 10.7 Å². The molecule has 1 aliphatic carbocycles. The Morgan fingerprint density at radius 3 is 2.52 bits per heavy atom. The Morgan fingerprint density at radius 1 is 1.09 bits per heavy atom. The Morgan fingerprint density at radius 2 is 1.80 bits per heavy atom. The van der Waals surface area contributed by atoms with E-state index < -0.39 is 0 Å². The SMILES string of the molecule is CSCCCOc1nn(C2CCC(N3C4CCC3COC4)CC2)cc1Nc1ncc(-c2ccc(Cl)c(O[C@@H](C)CN=CN)c2)cn1. The number of fused-ring (bicyclic) bond motifs is 2. The molecule has 0 amide bonds.